The van der Waals surface area contributed by atoms with E-state index < -0.39 is 49.3 Å². The number of aliphatic hydroxyl groups excluding tert-OH is 5. The van der Waals surface area contributed by atoms with Gasteiger partial charge in [0, 0.05) is 45.4 Å². The Kier molecular flexibility index (Phi) is 47.9. The van der Waals surface area contributed by atoms with E-state index in [1.54, 1.807) is 0 Å². The van der Waals surface area contributed by atoms with Crippen molar-refractivity contribution >= 4 is 23.8 Å². The van der Waals surface area contributed by atoms with Gasteiger partial charge < -0.3 is 60.3 Å². The molecule has 0 aromatic heterocycles. The Labute approximate surface area is 411 Å². The third kappa shape index (κ3) is 43.6. The fourth-order valence-corrected chi connectivity index (χ4v) is 6.92. The molecule has 16 heteroatoms. The van der Waals surface area contributed by atoms with Gasteiger partial charge >= 0.3 is 11.9 Å². The lowest BCUT2D eigenvalue weighted by Crippen LogP contribution is -2.59. The number of esters is 2. The molecule has 1 rings (SSSR count). The maximum atomic E-state index is 12.5. The minimum atomic E-state index is -1.51. The van der Waals surface area contributed by atoms with Crippen LogP contribution in [0.2, 0.25) is 0 Å². The van der Waals surface area contributed by atoms with Crippen molar-refractivity contribution in [2.45, 2.75) is 252 Å². The number of nitrogens with two attached hydrogens (primary N) is 1. The number of ether oxygens (including phenoxy) is 5. The first-order valence-corrected chi connectivity index (χ1v) is 26.6. The van der Waals surface area contributed by atoms with Crippen LogP contribution in [0, 0.1) is 11.8 Å². The zero-order chi connectivity index (χ0) is 51.2. The predicted octanol–water partition coefficient (Wildman–Crippen LogP) is 7.73. The Bertz CT molecular complexity index is 1180. The highest BCUT2D eigenvalue weighted by molar-refractivity contribution is 5.82. The molecule has 404 valence electrons. The summed E-state index contributed by atoms with van der Waals surface area (Å²) >= 11 is 0. The topological polar surface area (TPSA) is 254 Å². The predicted molar refractivity (Wildman–Crippen MR) is 266 cm³/mol. The van der Waals surface area contributed by atoms with E-state index >= 15 is 0 Å². The smallest absolute Gasteiger partial charge is 0.306 e. The molecule has 0 spiro atoms. The molecule has 0 radical (unpaired) electrons. The van der Waals surface area contributed by atoms with E-state index in [2.05, 4.69) is 33.0 Å². The number of hydrogen-bond donors (Lipinski definition) is 7. The number of primary amides is 1. The summed E-state index contributed by atoms with van der Waals surface area (Å²) in [6.45, 7) is 13.6. The van der Waals surface area contributed by atoms with E-state index in [9.17, 15) is 34.5 Å². The monoisotopic (exact) mass is 979 g/mol. The maximum absolute atomic E-state index is 12.5. The molecular formula is C52H102N2O14. The summed E-state index contributed by atoms with van der Waals surface area (Å²) in [5.74, 6) is -0.367. The molecule has 2 amide bonds. The fourth-order valence-electron chi connectivity index (χ4n) is 6.92. The highest BCUT2D eigenvalue weighted by Gasteiger charge is 2.44. The lowest BCUT2D eigenvalue weighted by atomic mass is 9.99. The van der Waals surface area contributed by atoms with E-state index in [-0.39, 0.29) is 57.1 Å². The number of nitrogens with one attached hydrogen (secondary N) is 1. The minimum absolute atomic E-state index is 0.0324. The van der Waals surface area contributed by atoms with Crippen molar-refractivity contribution in [2.24, 2.45) is 17.6 Å². The van der Waals surface area contributed by atoms with Gasteiger partial charge in [0.1, 0.15) is 31.0 Å². The molecule has 0 bridgehead atoms. The van der Waals surface area contributed by atoms with Crippen LogP contribution >= 0.6 is 0 Å². The molecule has 1 aliphatic rings. The molecule has 0 aromatic carbocycles. The molecule has 16 nitrogen and oxygen atoms in total. The summed E-state index contributed by atoms with van der Waals surface area (Å²) in [6, 6.07) is 0. The Balaban J connectivity index is 0. The Morgan fingerprint density at radius 2 is 1.06 bits per heavy atom. The molecule has 6 unspecified atom stereocenters. The highest BCUT2D eigenvalue weighted by atomic mass is 16.7. The Morgan fingerprint density at radius 3 is 1.50 bits per heavy atom. The van der Waals surface area contributed by atoms with Crippen LogP contribution in [-0.2, 0) is 42.9 Å². The van der Waals surface area contributed by atoms with Gasteiger partial charge in [0.05, 0.1) is 19.8 Å². The van der Waals surface area contributed by atoms with E-state index in [0.717, 1.165) is 32.1 Å². The highest BCUT2D eigenvalue weighted by Crippen LogP contribution is 2.22. The molecule has 68 heavy (non-hydrogen) atoms. The average Bonchev–Trinajstić information content (AvgIpc) is 3.31. The summed E-state index contributed by atoms with van der Waals surface area (Å²) < 4.78 is 27.2. The third-order valence-corrected chi connectivity index (χ3v) is 11.4. The number of aliphatic hydroxyl groups is 5. The number of rotatable bonds is 41. The van der Waals surface area contributed by atoms with Crippen molar-refractivity contribution in [3.05, 3.63) is 0 Å². The van der Waals surface area contributed by atoms with Crippen LogP contribution in [0.4, 0.5) is 0 Å². The fraction of sp³-hybridized carbons (Fsp3) is 0.923. The van der Waals surface area contributed by atoms with Crippen molar-refractivity contribution in [1.29, 1.82) is 0 Å². The SMILES string of the molecule is CC(C)CO.CCCCCCCCCCCCCC(=O)OCC(COCCC(C)C)OC(=O)CCCCCCCCCCCCC.NC(=O)CCC(=O)NCCOC1OC(CO)C(O)C(O)C1O. The van der Waals surface area contributed by atoms with Crippen molar-refractivity contribution in [3.63, 3.8) is 0 Å². The normalized spacial score (nSPS) is 18.3. The molecule has 0 aromatic rings. The van der Waals surface area contributed by atoms with Crippen molar-refractivity contribution in [1.82, 2.24) is 5.32 Å². The van der Waals surface area contributed by atoms with Crippen LogP contribution < -0.4 is 11.1 Å². The Morgan fingerprint density at radius 1 is 0.588 bits per heavy atom. The maximum Gasteiger partial charge on any atom is 0.306 e. The standard InChI is InChI=1S/C36H70O5.C12H22N2O8.C4H10O/c1-5-7-9-11-13-15-17-19-21-23-25-27-35(37)40-32-34(31-39-30-29-33(3)4)41-36(38)28-26-24-22-20-18-16-14-12-10-8-6-2;13-7(16)1-2-8(17)14-3-4-21-12-11(20)10(19)9(18)6(5-15)22-12;1-4(2)3-5/h33-34H,5-32H2,1-4H3;6,9-12,15,18-20H,1-5H2,(H2,13,16)(H,14,17);4-5H,3H2,1-2H3. The molecule has 1 aliphatic heterocycles. The van der Waals surface area contributed by atoms with Crippen LogP contribution in [0.3, 0.4) is 0 Å². The summed E-state index contributed by atoms with van der Waals surface area (Å²) in [5.41, 5.74) is 4.91. The van der Waals surface area contributed by atoms with Gasteiger partial charge in [0.15, 0.2) is 12.4 Å². The third-order valence-electron chi connectivity index (χ3n) is 11.4. The molecule has 6 atom stereocenters. The van der Waals surface area contributed by atoms with E-state index in [1.807, 2.05) is 13.8 Å². The minimum Gasteiger partial charge on any atom is -0.462 e. The number of unbranched alkanes of at least 4 members (excludes halogenated alkanes) is 20. The molecule has 1 fully saturated rings. The average molecular weight is 979 g/mol. The van der Waals surface area contributed by atoms with Crippen LogP contribution in [0.5, 0.6) is 0 Å². The van der Waals surface area contributed by atoms with Crippen molar-refractivity contribution in [2.75, 3.05) is 46.2 Å². The van der Waals surface area contributed by atoms with Gasteiger partial charge in [0.25, 0.3) is 0 Å². The number of carbonyl (C=O) groups is 4. The zero-order valence-corrected chi connectivity index (χ0v) is 43.6. The second-order valence-electron chi connectivity index (χ2n) is 19.1. The van der Waals surface area contributed by atoms with Crippen LogP contribution in [-0.4, -0.2) is 132 Å². The molecule has 8 N–H and O–H groups in total. The molecule has 0 aliphatic carbocycles. The van der Waals surface area contributed by atoms with Crippen LogP contribution in [0.25, 0.3) is 0 Å². The first-order chi connectivity index (χ1) is 32.6. The van der Waals surface area contributed by atoms with Gasteiger partial charge in [0.2, 0.25) is 11.8 Å². The molecule has 1 saturated heterocycles. The summed E-state index contributed by atoms with van der Waals surface area (Å²) in [6.07, 6.45) is 22.0. The second kappa shape index (κ2) is 48.2. The summed E-state index contributed by atoms with van der Waals surface area (Å²) in [5, 5.41) is 48.4. The summed E-state index contributed by atoms with van der Waals surface area (Å²) in [7, 11) is 0. The van der Waals surface area contributed by atoms with Gasteiger partial charge in [-0.1, -0.05) is 170 Å². The van der Waals surface area contributed by atoms with Gasteiger partial charge in [-0.25, -0.2) is 0 Å². The zero-order valence-electron chi connectivity index (χ0n) is 43.6. The number of hydrogen-bond acceptors (Lipinski definition) is 14. The largest absolute Gasteiger partial charge is 0.462 e. The lowest BCUT2D eigenvalue weighted by molar-refractivity contribution is -0.300. The van der Waals surface area contributed by atoms with Gasteiger partial charge in [-0.15, -0.1) is 0 Å². The van der Waals surface area contributed by atoms with E-state index in [0.29, 0.717) is 37.9 Å². The van der Waals surface area contributed by atoms with Gasteiger partial charge in [-0.2, -0.15) is 0 Å². The van der Waals surface area contributed by atoms with Crippen LogP contribution in [0.15, 0.2) is 0 Å². The first kappa shape index (κ1) is 67.6. The van der Waals surface area contributed by atoms with E-state index in [4.69, 9.17) is 39.6 Å². The van der Waals surface area contributed by atoms with Crippen LogP contribution in [0.1, 0.15) is 215 Å². The van der Waals surface area contributed by atoms with E-state index in [1.165, 1.54) is 116 Å². The van der Waals surface area contributed by atoms with Gasteiger partial charge in [-0.3, -0.25) is 19.2 Å². The van der Waals surface area contributed by atoms with Gasteiger partial charge in [-0.05, 0) is 31.1 Å². The molecule has 0 saturated carbocycles. The number of amides is 2. The number of carbonyl (C=O) groups excluding carboxylic acids is 4. The first-order valence-electron chi connectivity index (χ1n) is 26.6. The molecule has 1 heterocycles. The summed E-state index contributed by atoms with van der Waals surface area (Å²) in [4.78, 5) is 46.6. The molecular weight excluding hydrogens is 877 g/mol. The lowest BCUT2D eigenvalue weighted by Gasteiger charge is -2.39. The van der Waals surface area contributed by atoms with Crippen molar-refractivity contribution < 1.29 is 68.4 Å². The quantitative estimate of drug-likeness (QED) is 0.0229. The second-order valence-corrected chi connectivity index (χ2v) is 19.1. The van der Waals surface area contributed by atoms with Crippen molar-refractivity contribution in [3.8, 4) is 0 Å². The Hall–Kier alpha value is -2.44.